The van der Waals surface area contributed by atoms with Gasteiger partial charge in [-0.3, -0.25) is 0 Å². The molecule has 1 rings (SSSR count). The lowest BCUT2D eigenvalue weighted by Crippen LogP contribution is -2.24. The second-order valence-electron chi connectivity index (χ2n) is 6.82. The quantitative estimate of drug-likeness (QED) is 0.277. The summed E-state index contributed by atoms with van der Waals surface area (Å²) < 4.78 is 6.07. The summed E-state index contributed by atoms with van der Waals surface area (Å²) >= 11 is 0. The van der Waals surface area contributed by atoms with E-state index in [1.165, 1.54) is 62.6 Å². The minimum absolute atomic E-state index is 0.152. The second kappa shape index (κ2) is 14.3. The standard InChI is InChI=1S/C22H39NO/c1-4-7-9-10-12-18-22(24-19-6-3)23-21-17-14-13-16-20(21)15-11-8-5-2/h13-14,16-17,22-23H,4-12,15,18-19H2,1-3H3. The molecule has 0 amide bonds. The smallest absolute Gasteiger partial charge is 0.127 e. The van der Waals surface area contributed by atoms with Gasteiger partial charge in [0.15, 0.2) is 0 Å². The van der Waals surface area contributed by atoms with Gasteiger partial charge in [0, 0.05) is 12.3 Å². The minimum atomic E-state index is 0.152. The molecule has 0 radical (unpaired) electrons. The monoisotopic (exact) mass is 333 g/mol. The van der Waals surface area contributed by atoms with Crippen LogP contribution in [0.25, 0.3) is 0 Å². The van der Waals surface area contributed by atoms with Crippen molar-refractivity contribution in [2.75, 3.05) is 11.9 Å². The molecule has 0 heterocycles. The topological polar surface area (TPSA) is 21.3 Å². The Balaban J connectivity index is 2.54. The lowest BCUT2D eigenvalue weighted by atomic mass is 10.0. The largest absolute Gasteiger partial charge is 0.360 e. The predicted molar refractivity (Wildman–Crippen MR) is 107 cm³/mol. The number of ether oxygens (including phenoxy) is 1. The van der Waals surface area contributed by atoms with Gasteiger partial charge in [0.25, 0.3) is 0 Å². The van der Waals surface area contributed by atoms with Crippen molar-refractivity contribution in [3.05, 3.63) is 29.8 Å². The normalized spacial score (nSPS) is 12.3. The van der Waals surface area contributed by atoms with Gasteiger partial charge in [-0.2, -0.15) is 0 Å². The first-order chi connectivity index (χ1) is 11.8. The molecule has 24 heavy (non-hydrogen) atoms. The van der Waals surface area contributed by atoms with Crippen LogP contribution in [0.5, 0.6) is 0 Å². The molecule has 1 aromatic rings. The Morgan fingerprint density at radius 2 is 1.54 bits per heavy atom. The molecule has 0 saturated heterocycles. The maximum Gasteiger partial charge on any atom is 0.127 e. The van der Waals surface area contributed by atoms with Crippen molar-refractivity contribution in [2.24, 2.45) is 0 Å². The van der Waals surface area contributed by atoms with E-state index in [1.807, 2.05) is 0 Å². The third kappa shape index (κ3) is 9.32. The van der Waals surface area contributed by atoms with Gasteiger partial charge in [0.2, 0.25) is 0 Å². The lowest BCUT2D eigenvalue weighted by molar-refractivity contribution is 0.0650. The summed E-state index contributed by atoms with van der Waals surface area (Å²) in [5.41, 5.74) is 2.70. The maximum atomic E-state index is 6.07. The van der Waals surface area contributed by atoms with E-state index in [4.69, 9.17) is 4.74 Å². The molecule has 1 aromatic carbocycles. The highest BCUT2D eigenvalue weighted by Crippen LogP contribution is 2.21. The number of nitrogens with one attached hydrogen (secondary N) is 1. The van der Waals surface area contributed by atoms with Gasteiger partial charge >= 0.3 is 0 Å². The zero-order valence-electron chi connectivity index (χ0n) is 16.3. The van der Waals surface area contributed by atoms with Crippen molar-refractivity contribution >= 4 is 5.69 Å². The van der Waals surface area contributed by atoms with Crippen LogP contribution < -0.4 is 5.32 Å². The molecule has 0 spiro atoms. The minimum Gasteiger partial charge on any atom is -0.360 e. The van der Waals surface area contributed by atoms with Gasteiger partial charge in [-0.05, 0) is 43.7 Å². The molecule has 0 saturated carbocycles. The summed E-state index contributed by atoms with van der Waals surface area (Å²) in [5.74, 6) is 0. The molecule has 1 atom stereocenters. The van der Waals surface area contributed by atoms with Crippen LogP contribution in [0.15, 0.2) is 24.3 Å². The molecule has 2 heteroatoms. The van der Waals surface area contributed by atoms with E-state index >= 15 is 0 Å². The molecule has 1 unspecified atom stereocenters. The van der Waals surface area contributed by atoms with E-state index in [-0.39, 0.29) is 6.23 Å². The van der Waals surface area contributed by atoms with Gasteiger partial charge in [-0.25, -0.2) is 0 Å². The van der Waals surface area contributed by atoms with Crippen LogP contribution in [-0.2, 0) is 11.2 Å². The van der Waals surface area contributed by atoms with Crippen LogP contribution in [0, 0.1) is 0 Å². The van der Waals surface area contributed by atoms with Crippen molar-refractivity contribution in [1.82, 2.24) is 0 Å². The van der Waals surface area contributed by atoms with Crippen LogP contribution in [0.4, 0.5) is 5.69 Å². The van der Waals surface area contributed by atoms with E-state index in [0.717, 1.165) is 25.9 Å². The van der Waals surface area contributed by atoms with E-state index in [9.17, 15) is 0 Å². The van der Waals surface area contributed by atoms with Crippen LogP contribution >= 0.6 is 0 Å². The number of unbranched alkanes of at least 4 members (excludes halogenated alkanes) is 6. The van der Waals surface area contributed by atoms with E-state index in [2.05, 4.69) is 50.4 Å². The number of hydrogen-bond acceptors (Lipinski definition) is 2. The number of hydrogen-bond donors (Lipinski definition) is 1. The summed E-state index contributed by atoms with van der Waals surface area (Å²) in [7, 11) is 0. The fourth-order valence-electron chi connectivity index (χ4n) is 3.01. The summed E-state index contributed by atoms with van der Waals surface area (Å²) in [4.78, 5) is 0. The predicted octanol–water partition coefficient (Wildman–Crippen LogP) is 6.94. The SMILES string of the molecule is CCCCCCCC(Nc1ccccc1CCCCC)OCCC. The lowest BCUT2D eigenvalue weighted by Gasteiger charge is -2.22. The van der Waals surface area contributed by atoms with Crippen LogP contribution in [0.2, 0.25) is 0 Å². The van der Waals surface area contributed by atoms with Crippen molar-refractivity contribution < 1.29 is 4.74 Å². The average molecular weight is 334 g/mol. The number of benzene rings is 1. The molecule has 0 aliphatic heterocycles. The molecule has 138 valence electrons. The van der Waals surface area contributed by atoms with Gasteiger partial charge in [-0.1, -0.05) is 77.5 Å². The Morgan fingerprint density at radius 3 is 2.29 bits per heavy atom. The van der Waals surface area contributed by atoms with Crippen LogP contribution in [0.3, 0.4) is 0 Å². The number of para-hydroxylation sites is 1. The summed E-state index contributed by atoms with van der Waals surface area (Å²) in [6.45, 7) is 7.54. The van der Waals surface area contributed by atoms with Gasteiger partial charge in [0.05, 0.1) is 0 Å². The van der Waals surface area contributed by atoms with E-state index < -0.39 is 0 Å². The zero-order chi connectivity index (χ0) is 17.5. The first-order valence-corrected chi connectivity index (χ1v) is 10.3. The number of aryl methyl sites for hydroxylation is 1. The highest BCUT2D eigenvalue weighted by molar-refractivity contribution is 5.51. The highest BCUT2D eigenvalue weighted by atomic mass is 16.5. The molecule has 0 fully saturated rings. The molecule has 1 N–H and O–H groups in total. The zero-order valence-corrected chi connectivity index (χ0v) is 16.3. The summed E-state index contributed by atoms with van der Waals surface area (Å²) in [6.07, 6.45) is 13.9. The highest BCUT2D eigenvalue weighted by Gasteiger charge is 2.11. The molecule has 0 aromatic heterocycles. The molecule has 0 bridgehead atoms. The van der Waals surface area contributed by atoms with Crippen molar-refractivity contribution in [3.8, 4) is 0 Å². The van der Waals surface area contributed by atoms with Gasteiger partial charge in [0.1, 0.15) is 6.23 Å². The molecule has 2 nitrogen and oxygen atoms in total. The summed E-state index contributed by atoms with van der Waals surface area (Å²) in [5, 5.41) is 3.68. The van der Waals surface area contributed by atoms with Crippen molar-refractivity contribution in [2.45, 2.75) is 97.6 Å². The second-order valence-corrected chi connectivity index (χ2v) is 6.82. The molecular formula is C22H39NO. The van der Waals surface area contributed by atoms with E-state index in [0.29, 0.717) is 0 Å². The Hall–Kier alpha value is -1.02. The Labute approximate surface area is 150 Å². The van der Waals surface area contributed by atoms with E-state index in [1.54, 1.807) is 0 Å². The van der Waals surface area contributed by atoms with Crippen molar-refractivity contribution in [1.29, 1.82) is 0 Å². The molecule has 0 aliphatic rings. The third-order valence-corrected chi connectivity index (χ3v) is 4.48. The molecular weight excluding hydrogens is 294 g/mol. The number of anilines is 1. The summed E-state index contributed by atoms with van der Waals surface area (Å²) in [6, 6.07) is 8.75. The fraction of sp³-hybridized carbons (Fsp3) is 0.727. The van der Waals surface area contributed by atoms with Crippen molar-refractivity contribution in [3.63, 3.8) is 0 Å². The molecule has 0 aliphatic carbocycles. The third-order valence-electron chi connectivity index (χ3n) is 4.48. The van der Waals surface area contributed by atoms with Gasteiger partial charge < -0.3 is 10.1 Å². The first kappa shape index (κ1) is 21.0. The Morgan fingerprint density at radius 1 is 0.833 bits per heavy atom. The Bertz CT molecular complexity index is 405. The Kier molecular flexibility index (Phi) is 12.6. The first-order valence-electron chi connectivity index (χ1n) is 10.3. The van der Waals surface area contributed by atoms with Gasteiger partial charge in [-0.15, -0.1) is 0 Å². The fourth-order valence-corrected chi connectivity index (χ4v) is 3.01. The maximum absolute atomic E-state index is 6.07. The number of rotatable bonds is 15. The van der Waals surface area contributed by atoms with Crippen LogP contribution in [-0.4, -0.2) is 12.8 Å². The van der Waals surface area contributed by atoms with Crippen LogP contribution in [0.1, 0.15) is 90.5 Å². The average Bonchev–Trinajstić information content (AvgIpc) is 2.60.